The van der Waals surface area contributed by atoms with Gasteiger partial charge in [-0.15, -0.1) is 0 Å². The predicted molar refractivity (Wildman–Crippen MR) is 135 cm³/mol. The zero-order chi connectivity index (χ0) is 23.2. The first-order chi connectivity index (χ1) is 16.8. The Balaban J connectivity index is 1.21. The molecule has 4 nitrogen and oxygen atoms in total. The van der Waals surface area contributed by atoms with Crippen LogP contribution in [0.5, 0.6) is 11.5 Å². The number of aromatic nitrogens is 1. The highest BCUT2D eigenvalue weighted by atomic mass is 16.5. The third kappa shape index (κ3) is 5.25. The topological polar surface area (TPSA) is 51.6 Å². The number of hydrogen-bond acceptors (Lipinski definition) is 4. The van der Waals surface area contributed by atoms with Gasteiger partial charge in [-0.05, 0) is 64.7 Å². The zero-order valence-electron chi connectivity index (χ0n) is 18.7. The van der Waals surface area contributed by atoms with E-state index in [-0.39, 0.29) is 6.61 Å². The molecule has 0 atom stereocenters. The molecule has 5 rings (SSSR count). The van der Waals surface area contributed by atoms with Crippen molar-refractivity contribution >= 4 is 10.9 Å². The molecule has 4 aromatic carbocycles. The van der Waals surface area contributed by atoms with Crippen molar-refractivity contribution in [1.29, 1.82) is 0 Å². The summed E-state index contributed by atoms with van der Waals surface area (Å²) < 4.78 is 11.9. The number of nitrogens with zero attached hydrogens (tertiary/aromatic N) is 1. The molecule has 0 spiro atoms. The van der Waals surface area contributed by atoms with E-state index in [1.807, 2.05) is 66.7 Å². The molecule has 1 aromatic heterocycles. The molecule has 0 radical (unpaired) electrons. The summed E-state index contributed by atoms with van der Waals surface area (Å²) in [4.78, 5) is 4.67. The Labute approximate surface area is 199 Å². The van der Waals surface area contributed by atoms with E-state index in [1.54, 1.807) is 0 Å². The molecule has 168 valence electrons. The van der Waals surface area contributed by atoms with E-state index >= 15 is 0 Å². The van der Waals surface area contributed by atoms with Crippen LogP contribution in [0.4, 0.5) is 0 Å². The van der Waals surface area contributed by atoms with Crippen LogP contribution in [0, 0.1) is 0 Å². The molecule has 1 N–H and O–H groups in total. The molecule has 0 fully saturated rings. The molecule has 0 aliphatic carbocycles. The molecule has 0 unspecified atom stereocenters. The number of hydrogen-bond donors (Lipinski definition) is 1. The second-order valence-electron chi connectivity index (χ2n) is 8.10. The highest BCUT2D eigenvalue weighted by Crippen LogP contribution is 2.25. The zero-order valence-corrected chi connectivity index (χ0v) is 18.7. The summed E-state index contributed by atoms with van der Waals surface area (Å²) in [6, 6.07) is 36.1. The second kappa shape index (κ2) is 10.2. The second-order valence-corrected chi connectivity index (χ2v) is 8.10. The largest absolute Gasteiger partial charge is 0.489 e. The van der Waals surface area contributed by atoms with Gasteiger partial charge in [0.25, 0.3) is 0 Å². The fraction of sp³-hybridized carbons (Fsp3) is 0.100. The maximum Gasteiger partial charge on any atom is 0.130 e. The summed E-state index contributed by atoms with van der Waals surface area (Å²) in [6.45, 7) is 0.940. The van der Waals surface area contributed by atoms with E-state index < -0.39 is 0 Å². The Morgan fingerprint density at radius 2 is 1.32 bits per heavy atom. The van der Waals surface area contributed by atoms with Crippen LogP contribution in [-0.2, 0) is 19.8 Å². The van der Waals surface area contributed by atoms with Crippen LogP contribution in [0.2, 0.25) is 0 Å². The molecule has 0 aliphatic rings. The number of pyridine rings is 1. The molecule has 0 aliphatic heterocycles. The lowest BCUT2D eigenvalue weighted by molar-refractivity contribution is 0.280. The highest BCUT2D eigenvalue weighted by molar-refractivity contribution is 5.78. The Morgan fingerprint density at radius 3 is 2.12 bits per heavy atom. The standard InChI is InChI=1S/C30H25NO3/c32-19-22-8-14-28(15-9-22)33-20-23-4-3-6-26(18-23)24-11-16-29(17-12-24)34-21-27-13-10-25-5-1-2-7-30(25)31-27/h1-18,32H,19-21H2. The van der Waals surface area contributed by atoms with Gasteiger partial charge in [-0.3, -0.25) is 0 Å². The smallest absolute Gasteiger partial charge is 0.130 e. The number of ether oxygens (including phenoxy) is 2. The maximum atomic E-state index is 9.16. The monoisotopic (exact) mass is 447 g/mol. The quantitative estimate of drug-likeness (QED) is 0.293. The van der Waals surface area contributed by atoms with Gasteiger partial charge in [-0.25, -0.2) is 4.98 Å². The van der Waals surface area contributed by atoms with Crippen LogP contribution in [0.25, 0.3) is 22.0 Å². The Morgan fingerprint density at radius 1 is 0.588 bits per heavy atom. The van der Waals surface area contributed by atoms with Gasteiger partial charge in [-0.2, -0.15) is 0 Å². The van der Waals surface area contributed by atoms with Gasteiger partial charge in [0.2, 0.25) is 0 Å². The number of aliphatic hydroxyl groups is 1. The molecular weight excluding hydrogens is 422 g/mol. The molecule has 4 heteroatoms. The van der Waals surface area contributed by atoms with Crippen LogP contribution < -0.4 is 9.47 Å². The minimum Gasteiger partial charge on any atom is -0.489 e. The lowest BCUT2D eigenvalue weighted by Crippen LogP contribution is -1.98. The van der Waals surface area contributed by atoms with E-state index in [2.05, 4.69) is 47.4 Å². The summed E-state index contributed by atoms with van der Waals surface area (Å²) in [5.41, 5.74) is 6.08. The molecule has 0 amide bonds. The Hall–Kier alpha value is -4.15. The van der Waals surface area contributed by atoms with Gasteiger partial charge in [0.05, 0.1) is 17.8 Å². The fourth-order valence-corrected chi connectivity index (χ4v) is 3.79. The molecule has 0 saturated carbocycles. The van der Waals surface area contributed by atoms with Crippen LogP contribution >= 0.6 is 0 Å². The van der Waals surface area contributed by atoms with Crippen LogP contribution in [0.15, 0.2) is 109 Å². The van der Waals surface area contributed by atoms with Crippen molar-refractivity contribution in [2.45, 2.75) is 19.8 Å². The van der Waals surface area contributed by atoms with E-state index in [0.717, 1.165) is 50.3 Å². The first kappa shape index (κ1) is 21.7. The number of aliphatic hydroxyl groups excluding tert-OH is 1. The van der Waals surface area contributed by atoms with Crippen molar-refractivity contribution in [3.8, 4) is 22.6 Å². The summed E-state index contributed by atoms with van der Waals surface area (Å²) in [7, 11) is 0. The van der Waals surface area contributed by atoms with Crippen molar-refractivity contribution in [3.63, 3.8) is 0 Å². The van der Waals surface area contributed by atoms with E-state index in [0.29, 0.717) is 13.2 Å². The number of rotatable bonds is 8. The van der Waals surface area contributed by atoms with E-state index in [4.69, 9.17) is 14.6 Å². The van der Waals surface area contributed by atoms with Crippen molar-refractivity contribution in [3.05, 3.63) is 126 Å². The van der Waals surface area contributed by atoms with Crippen molar-refractivity contribution in [2.75, 3.05) is 0 Å². The summed E-state index contributed by atoms with van der Waals surface area (Å²) in [6.07, 6.45) is 0. The summed E-state index contributed by atoms with van der Waals surface area (Å²) in [5.74, 6) is 1.59. The van der Waals surface area contributed by atoms with Crippen molar-refractivity contribution in [2.24, 2.45) is 0 Å². The fourth-order valence-electron chi connectivity index (χ4n) is 3.79. The Kier molecular flexibility index (Phi) is 6.50. The summed E-state index contributed by atoms with van der Waals surface area (Å²) in [5, 5.41) is 10.3. The minimum atomic E-state index is 0.0342. The summed E-state index contributed by atoms with van der Waals surface area (Å²) >= 11 is 0. The lowest BCUT2D eigenvalue weighted by Gasteiger charge is -2.10. The average Bonchev–Trinajstić information content (AvgIpc) is 2.91. The van der Waals surface area contributed by atoms with Crippen molar-refractivity contribution in [1.82, 2.24) is 4.98 Å². The highest BCUT2D eigenvalue weighted by Gasteiger charge is 2.04. The minimum absolute atomic E-state index is 0.0342. The number of para-hydroxylation sites is 1. The third-order valence-electron chi connectivity index (χ3n) is 5.67. The average molecular weight is 448 g/mol. The van der Waals surface area contributed by atoms with Crippen molar-refractivity contribution < 1.29 is 14.6 Å². The normalized spacial score (nSPS) is 10.9. The molecule has 5 aromatic rings. The van der Waals surface area contributed by atoms with Gasteiger partial charge in [0.15, 0.2) is 0 Å². The molecular formula is C30H25NO3. The SMILES string of the molecule is OCc1ccc(OCc2cccc(-c3ccc(OCc4ccc5ccccc5n4)cc3)c2)cc1. The number of benzene rings is 4. The lowest BCUT2D eigenvalue weighted by atomic mass is 10.0. The van der Waals surface area contributed by atoms with Crippen LogP contribution in [0.3, 0.4) is 0 Å². The van der Waals surface area contributed by atoms with E-state index in [1.165, 1.54) is 0 Å². The van der Waals surface area contributed by atoms with E-state index in [9.17, 15) is 0 Å². The first-order valence-electron chi connectivity index (χ1n) is 11.3. The predicted octanol–water partition coefficient (Wildman–Crippen LogP) is 6.55. The third-order valence-corrected chi connectivity index (χ3v) is 5.67. The molecule has 34 heavy (non-hydrogen) atoms. The van der Waals surface area contributed by atoms with Gasteiger partial charge >= 0.3 is 0 Å². The molecule has 0 bridgehead atoms. The molecule has 1 heterocycles. The van der Waals surface area contributed by atoms with Gasteiger partial charge < -0.3 is 14.6 Å². The van der Waals surface area contributed by atoms with Crippen LogP contribution in [0.1, 0.15) is 16.8 Å². The van der Waals surface area contributed by atoms with Gasteiger partial charge in [-0.1, -0.05) is 66.7 Å². The maximum absolute atomic E-state index is 9.16. The Bertz CT molecular complexity index is 1380. The van der Waals surface area contributed by atoms with Gasteiger partial charge in [0, 0.05) is 5.39 Å². The van der Waals surface area contributed by atoms with Gasteiger partial charge in [0.1, 0.15) is 24.7 Å². The number of fused-ring (bicyclic) bond motifs is 1. The first-order valence-corrected chi connectivity index (χ1v) is 11.3. The molecule has 0 saturated heterocycles. The van der Waals surface area contributed by atoms with Crippen LogP contribution in [-0.4, -0.2) is 10.1 Å².